The highest BCUT2D eigenvalue weighted by atomic mass is 16.2. The van der Waals surface area contributed by atoms with Crippen molar-refractivity contribution in [2.75, 3.05) is 0 Å². The average molecular weight is 226 g/mol. The second-order valence-corrected chi connectivity index (χ2v) is 5.03. The van der Waals surface area contributed by atoms with Gasteiger partial charge in [0.1, 0.15) is 0 Å². The van der Waals surface area contributed by atoms with Gasteiger partial charge in [-0.3, -0.25) is 10.1 Å². The number of carbonyl (C=O) groups excluding carboxylic acids is 1. The van der Waals surface area contributed by atoms with Gasteiger partial charge in [-0.2, -0.15) is 0 Å². The van der Waals surface area contributed by atoms with E-state index in [4.69, 9.17) is 0 Å². The first kappa shape index (κ1) is 13.5. The Morgan fingerprint density at radius 3 is 2.19 bits per heavy atom. The maximum absolute atomic E-state index is 12.3. The summed E-state index contributed by atoms with van der Waals surface area (Å²) in [6.07, 6.45) is 3.33. The molecular formula is C13H26N2O. The van der Waals surface area contributed by atoms with Gasteiger partial charge in [-0.05, 0) is 25.2 Å². The molecule has 0 saturated carbocycles. The smallest absolute Gasteiger partial charge is 0.241 e. The molecule has 1 heterocycles. The van der Waals surface area contributed by atoms with E-state index in [0.29, 0.717) is 17.9 Å². The molecule has 2 atom stereocenters. The van der Waals surface area contributed by atoms with Gasteiger partial charge in [-0.25, -0.2) is 0 Å². The lowest BCUT2D eigenvalue weighted by Crippen LogP contribution is -2.43. The van der Waals surface area contributed by atoms with Crippen LogP contribution in [0.5, 0.6) is 0 Å². The van der Waals surface area contributed by atoms with E-state index in [1.165, 1.54) is 0 Å². The molecule has 1 saturated heterocycles. The van der Waals surface area contributed by atoms with Gasteiger partial charge in [0.25, 0.3) is 0 Å². The number of rotatable bonds is 5. The average Bonchev–Trinajstić information content (AvgIpc) is 2.59. The third-order valence-corrected chi connectivity index (χ3v) is 3.62. The predicted octanol–water partition coefficient (Wildman–Crippen LogP) is 2.37. The van der Waals surface area contributed by atoms with Crippen LogP contribution in [0.15, 0.2) is 0 Å². The summed E-state index contributed by atoms with van der Waals surface area (Å²) in [5, 5.41) is 3.47. The zero-order valence-corrected chi connectivity index (χ0v) is 11.3. The maximum atomic E-state index is 12.3. The summed E-state index contributed by atoms with van der Waals surface area (Å²) in [7, 11) is 0. The Balaban J connectivity index is 2.84. The normalized spacial score (nSPS) is 26.2. The lowest BCUT2D eigenvalue weighted by atomic mass is 10.0. The van der Waals surface area contributed by atoms with Gasteiger partial charge in [0.05, 0.1) is 12.2 Å². The molecule has 0 bridgehead atoms. The number of amides is 1. The first-order valence-corrected chi connectivity index (χ1v) is 6.64. The van der Waals surface area contributed by atoms with Gasteiger partial charge >= 0.3 is 0 Å². The second kappa shape index (κ2) is 5.67. The van der Waals surface area contributed by atoms with Gasteiger partial charge < -0.3 is 4.90 Å². The molecule has 1 amide bonds. The van der Waals surface area contributed by atoms with Crippen molar-refractivity contribution in [2.24, 2.45) is 5.92 Å². The van der Waals surface area contributed by atoms with Gasteiger partial charge in [-0.1, -0.05) is 34.6 Å². The van der Waals surface area contributed by atoms with Crippen LogP contribution in [0, 0.1) is 5.92 Å². The summed E-state index contributed by atoms with van der Waals surface area (Å²) in [5.74, 6) is 0.677. The molecule has 1 fully saturated rings. The molecule has 1 rings (SSSR count). The van der Waals surface area contributed by atoms with Crippen LogP contribution < -0.4 is 5.32 Å². The number of hydrogen-bond donors (Lipinski definition) is 1. The molecule has 0 radical (unpaired) electrons. The van der Waals surface area contributed by atoms with Gasteiger partial charge in [0, 0.05) is 6.04 Å². The maximum Gasteiger partial charge on any atom is 0.241 e. The van der Waals surface area contributed by atoms with E-state index in [2.05, 4.69) is 44.8 Å². The molecular weight excluding hydrogens is 200 g/mol. The van der Waals surface area contributed by atoms with Gasteiger partial charge in [-0.15, -0.1) is 0 Å². The first-order chi connectivity index (χ1) is 7.56. The van der Waals surface area contributed by atoms with Gasteiger partial charge in [0.2, 0.25) is 5.91 Å². The topological polar surface area (TPSA) is 32.3 Å². The lowest BCUT2D eigenvalue weighted by molar-refractivity contribution is -0.133. The molecule has 0 aromatic carbocycles. The van der Waals surface area contributed by atoms with Crippen molar-refractivity contribution in [3.8, 4) is 0 Å². The number of hydrogen-bond acceptors (Lipinski definition) is 2. The molecule has 0 aliphatic carbocycles. The van der Waals surface area contributed by atoms with E-state index in [1.807, 2.05) is 0 Å². The first-order valence-electron chi connectivity index (χ1n) is 6.64. The molecule has 1 aliphatic rings. The van der Waals surface area contributed by atoms with Crippen molar-refractivity contribution in [2.45, 2.75) is 72.1 Å². The minimum Gasteiger partial charge on any atom is -0.323 e. The molecule has 16 heavy (non-hydrogen) atoms. The van der Waals surface area contributed by atoms with E-state index < -0.39 is 0 Å². The molecule has 0 aromatic heterocycles. The quantitative estimate of drug-likeness (QED) is 0.780. The van der Waals surface area contributed by atoms with Crippen molar-refractivity contribution in [3.63, 3.8) is 0 Å². The molecule has 3 nitrogen and oxygen atoms in total. The minimum atomic E-state index is 0.0190. The predicted molar refractivity (Wildman–Crippen MR) is 67.1 cm³/mol. The fourth-order valence-corrected chi connectivity index (χ4v) is 2.58. The molecule has 0 aromatic rings. The van der Waals surface area contributed by atoms with Crippen LogP contribution in [-0.4, -0.2) is 29.1 Å². The zero-order valence-electron chi connectivity index (χ0n) is 11.3. The Morgan fingerprint density at radius 2 is 1.81 bits per heavy atom. The highest BCUT2D eigenvalue weighted by Crippen LogP contribution is 2.23. The summed E-state index contributed by atoms with van der Waals surface area (Å²) >= 11 is 0. The van der Waals surface area contributed by atoms with Crippen LogP contribution in [0.25, 0.3) is 0 Å². The minimum absolute atomic E-state index is 0.0190. The fraction of sp³-hybridized carbons (Fsp3) is 0.923. The SMILES string of the molecule is CCC(CC)N1C(=O)C(C(C)C)NC1CC. The lowest BCUT2D eigenvalue weighted by Gasteiger charge is -2.31. The number of carbonyl (C=O) groups is 1. The van der Waals surface area contributed by atoms with Crippen molar-refractivity contribution < 1.29 is 4.79 Å². The highest BCUT2D eigenvalue weighted by Gasteiger charge is 2.41. The van der Waals surface area contributed by atoms with Crippen LogP contribution in [-0.2, 0) is 4.79 Å². The third-order valence-electron chi connectivity index (χ3n) is 3.62. The van der Waals surface area contributed by atoms with E-state index >= 15 is 0 Å². The Labute approximate surface area is 99.6 Å². The third kappa shape index (κ3) is 2.40. The zero-order chi connectivity index (χ0) is 12.3. The monoisotopic (exact) mass is 226 g/mol. The molecule has 94 valence electrons. The van der Waals surface area contributed by atoms with Gasteiger partial charge in [0.15, 0.2) is 0 Å². The van der Waals surface area contributed by atoms with Crippen molar-refractivity contribution in [3.05, 3.63) is 0 Å². The number of nitrogens with one attached hydrogen (secondary N) is 1. The molecule has 1 N–H and O–H groups in total. The van der Waals surface area contributed by atoms with Crippen LogP contribution >= 0.6 is 0 Å². The summed E-state index contributed by atoms with van der Waals surface area (Å²) < 4.78 is 0. The van der Waals surface area contributed by atoms with Crippen molar-refractivity contribution >= 4 is 5.91 Å². The van der Waals surface area contributed by atoms with E-state index in [0.717, 1.165) is 19.3 Å². The summed E-state index contributed by atoms with van der Waals surface area (Å²) in [4.78, 5) is 14.4. The summed E-state index contributed by atoms with van der Waals surface area (Å²) in [5.41, 5.74) is 0. The van der Waals surface area contributed by atoms with E-state index in [-0.39, 0.29) is 12.2 Å². The highest BCUT2D eigenvalue weighted by molar-refractivity contribution is 5.84. The summed E-state index contributed by atoms with van der Waals surface area (Å²) in [6.45, 7) is 10.7. The fourth-order valence-electron chi connectivity index (χ4n) is 2.58. The number of nitrogens with zero attached hydrogens (tertiary/aromatic N) is 1. The molecule has 0 spiro atoms. The largest absolute Gasteiger partial charge is 0.323 e. The second-order valence-electron chi connectivity index (χ2n) is 5.03. The molecule has 1 aliphatic heterocycles. The van der Waals surface area contributed by atoms with Crippen LogP contribution in [0.2, 0.25) is 0 Å². The Hall–Kier alpha value is -0.570. The van der Waals surface area contributed by atoms with E-state index in [9.17, 15) is 4.79 Å². The van der Waals surface area contributed by atoms with Crippen LogP contribution in [0.4, 0.5) is 0 Å². The molecule has 3 heteroatoms. The molecule has 2 unspecified atom stereocenters. The van der Waals surface area contributed by atoms with Crippen LogP contribution in [0.1, 0.15) is 53.9 Å². The Morgan fingerprint density at radius 1 is 1.25 bits per heavy atom. The summed E-state index contributed by atoms with van der Waals surface area (Å²) in [6, 6.07) is 0.416. The standard InChI is InChI=1S/C13H26N2O/c1-6-10(7-2)15-11(8-3)14-12(9(4)5)13(15)16/h9-12,14H,6-8H2,1-5H3. The Bertz CT molecular complexity index is 236. The van der Waals surface area contributed by atoms with Crippen LogP contribution in [0.3, 0.4) is 0 Å². The van der Waals surface area contributed by atoms with Crippen molar-refractivity contribution in [1.29, 1.82) is 0 Å². The van der Waals surface area contributed by atoms with Crippen molar-refractivity contribution in [1.82, 2.24) is 10.2 Å². The Kier molecular flexibility index (Phi) is 4.78. The van der Waals surface area contributed by atoms with E-state index in [1.54, 1.807) is 0 Å².